The molecular weight excluding hydrogens is 268 g/mol. The number of rotatable bonds is 3. The standard InChI is InChI=1S/C12H9ClN4S/c13-11-7-6-10(18-11)12-14-15-16-17(12)8-9-4-2-1-3-5-9/h1-7H,8H2. The van der Waals surface area contributed by atoms with Crippen molar-refractivity contribution in [1.82, 2.24) is 20.2 Å². The molecule has 0 N–H and O–H groups in total. The minimum atomic E-state index is 0.651. The first-order valence-corrected chi connectivity index (χ1v) is 6.58. The molecule has 0 unspecified atom stereocenters. The lowest BCUT2D eigenvalue weighted by molar-refractivity contribution is 0.654. The molecule has 3 rings (SSSR count). The third-order valence-electron chi connectivity index (χ3n) is 2.50. The van der Waals surface area contributed by atoms with Crippen LogP contribution in [-0.4, -0.2) is 20.2 Å². The van der Waals surface area contributed by atoms with E-state index in [9.17, 15) is 0 Å². The Morgan fingerprint density at radius 1 is 1.11 bits per heavy atom. The Hall–Kier alpha value is -1.72. The topological polar surface area (TPSA) is 43.6 Å². The van der Waals surface area contributed by atoms with Gasteiger partial charge in [0.25, 0.3) is 0 Å². The van der Waals surface area contributed by atoms with Gasteiger partial charge in [-0.25, -0.2) is 4.68 Å². The quantitative estimate of drug-likeness (QED) is 0.738. The molecule has 0 amide bonds. The lowest BCUT2D eigenvalue weighted by Crippen LogP contribution is -2.03. The van der Waals surface area contributed by atoms with Crippen molar-refractivity contribution >= 4 is 22.9 Å². The molecular formula is C12H9ClN4S. The van der Waals surface area contributed by atoms with Crippen LogP contribution in [0.4, 0.5) is 0 Å². The van der Waals surface area contributed by atoms with Crippen molar-refractivity contribution in [2.45, 2.75) is 6.54 Å². The lowest BCUT2D eigenvalue weighted by Gasteiger charge is -2.02. The molecule has 0 aliphatic heterocycles. The summed E-state index contributed by atoms with van der Waals surface area (Å²) in [6.07, 6.45) is 0. The number of benzene rings is 1. The summed E-state index contributed by atoms with van der Waals surface area (Å²) in [5.74, 6) is 0.746. The maximum atomic E-state index is 5.93. The minimum Gasteiger partial charge on any atom is -0.220 e. The Bertz CT molecular complexity index is 647. The number of halogens is 1. The maximum Gasteiger partial charge on any atom is 0.192 e. The highest BCUT2D eigenvalue weighted by atomic mass is 35.5. The van der Waals surface area contributed by atoms with E-state index in [0.717, 1.165) is 20.6 Å². The van der Waals surface area contributed by atoms with Crippen molar-refractivity contribution in [3.05, 3.63) is 52.4 Å². The average Bonchev–Trinajstić information content (AvgIpc) is 2.99. The predicted octanol–water partition coefficient (Wildman–Crippen LogP) is 3.10. The zero-order chi connectivity index (χ0) is 12.4. The Morgan fingerprint density at radius 2 is 1.94 bits per heavy atom. The lowest BCUT2D eigenvalue weighted by atomic mass is 10.2. The molecule has 3 aromatic rings. The van der Waals surface area contributed by atoms with E-state index in [-0.39, 0.29) is 0 Å². The van der Waals surface area contributed by atoms with E-state index in [1.54, 1.807) is 4.68 Å². The van der Waals surface area contributed by atoms with Crippen LogP contribution in [0, 0.1) is 0 Å². The molecule has 0 fully saturated rings. The zero-order valence-corrected chi connectivity index (χ0v) is 10.9. The fourth-order valence-corrected chi connectivity index (χ4v) is 2.71. The molecule has 6 heteroatoms. The van der Waals surface area contributed by atoms with Crippen LogP contribution < -0.4 is 0 Å². The Kier molecular flexibility index (Phi) is 3.08. The smallest absolute Gasteiger partial charge is 0.192 e. The molecule has 0 radical (unpaired) electrons. The van der Waals surface area contributed by atoms with Crippen molar-refractivity contribution in [2.75, 3.05) is 0 Å². The van der Waals surface area contributed by atoms with Crippen LogP contribution in [0.2, 0.25) is 4.34 Å². The minimum absolute atomic E-state index is 0.651. The zero-order valence-electron chi connectivity index (χ0n) is 9.32. The van der Waals surface area contributed by atoms with E-state index in [1.165, 1.54) is 11.3 Å². The third-order valence-corrected chi connectivity index (χ3v) is 3.73. The highest BCUT2D eigenvalue weighted by molar-refractivity contribution is 7.19. The molecule has 0 spiro atoms. The van der Waals surface area contributed by atoms with Crippen LogP contribution >= 0.6 is 22.9 Å². The van der Waals surface area contributed by atoms with Gasteiger partial charge >= 0.3 is 0 Å². The van der Waals surface area contributed by atoms with E-state index < -0.39 is 0 Å². The largest absolute Gasteiger partial charge is 0.220 e. The molecule has 18 heavy (non-hydrogen) atoms. The molecule has 0 aliphatic rings. The van der Waals surface area contributed by atoms with Gasteiger partial charge in [0.2, 0.25) is 0 Å². The van der Waals surface area contributed by atoms with Gasteiger partial charge in [-0.1, -0.05) is 41.9 Å². The van der Waals surface area contributed by atoms with Crippen LogP contribution in [0.15, 0.2) is 42.5 Å². The summed E-state index contributed by atoms with van der Waals surface area (Å²) in [5.41, 5.74) is 1.16. The van der Waals surface area contributed by atoms with Crippen molar-refractivity contribution in [1.29, 1.82) is 0 Å². The van der Waals surface area contributed by atoms with Crippen LogP contribution in [-0.2, 0) is 6.54 Å². The normalized spacial score (nSPS) is 10.7. The number of aromatic nitrogens is 4. The van der Waals surface area contributed by atoms with Gasteiger partial charge < -0.3 is 0 Å². The fraction of sp³-hybridized carbons (Fsp3) is 0.0833. The first-order chi connectivity index (χ1) is 8.83. The second kappa shape index (κ2) is 4.88. The number of tetrazole rings is 1. The monoisotopic (exact) mass is 276 g/mol. The SMILES string of the molecule is Clc1ccc(-c2nnnn2Cc2ccccc2)s1. The molecule has 0 saturated heterocycles. The Labute approximate surface area is 113 Å². The van der Waals surface area contributed by atoms with E-state index in [1.807, 2.05) is 42.5 Å². The van der Waals surface area contributed by atoms with Crippen molar-refractivity contribution in [3.63, 3.8) is 0 Å². The molecule has 2 heterocycles. The summed E-state index contributed by atoms with van der Waals surface area (Å²) < 4.78 is 2.51. The van der Waals surface area contributed by atoms with Gasteiger partial charge in [0.05, 0.1) is 15.8 Å². The molecule has 4 nitrogen and oxygen atoms in total. The maximum absolute atomic E-state index is 5.93. The predicted molar refractivity (Wildman–Crippen MR) is 71.7 cm³/mol. The van der Waals surface area contributed by atoms with Gasteiger partial charge in [-0.2, -0.15) is 0 Å². The van der Waals surface area contributed by atoms with Crippen LogP contribution in [0.1, 0.15) is 5.56 Å². The van der Waals surface area contributed by atoms with Crippen molar-refractivity contribution < 1.29 is 0 Å². The number of nitrogens with zero attached hydrogens (tertiary/aromatic N) is 4. The van der Waals surface area contributed by atoms with Gasteiger partial charge in [-0.3, -0.25) is 0 Å². The highest BCUT2D eigenvalue weighted by Crippen LogP contribution is 2.29. The van der Waals surface area contributed by atoms with Crippen LogP contribution in [0.25, 0.3) is 10.7 Å². The number of hydrogen-bond acceptors (Lipinski definition) is 4. The van der Waals surface area contributed by atoms with Crippen LogP contribution in [0.3, 0.4) is 0 Å². The van der Waals surface area contributed by atoms with E-state index in [2.05, 4.69) is 15.5 Å². The van der Waals surface area contributed by atoms with Gasteiger partial charge in [0.1, 0.15) is 0 Å². The molecule has 0 aliphatic carbocycles. The van der Waals surface area contributed by atoms with Crippen molar-refractivity contribution in [2.24, 2.45) is 0 Å². The molecule has 2 aromatic heterocycles. The van der Waals surface area contributed by atoms with E-state index in [0.29, 0.717) is 6.54 Å². The summed E-state index contributed by atoms with van der Waals surface area (Å²) >= 11 is 7.40. The van der Waals surface area contributed by atoms with Gasteiger partial charge in [-0.05, 0) is 28.1 Å². The summed E-state index contributed by atoms with van der Waals surface area (Å²) in [6.45, 7) is 0.651. The second-order valence-electron chi connectivity index (χ2n) is 3.75. The summed E-state index contributed by atoms with van der Waals surface area (Å²) in [5, 5.41) is 11.8. The van der Waals surface area contributed by atoms with Crippen molar-refractivity contribution in [3.8, 4) is 10.7 Å². The number of hydrogen-bond donors (Lipinski definition) is 0. The van der Waals surface area contributed by atoms with Gasteiger partial charge in [-0.15, -0.1) is 16.4 Å². The van der Waals surface area contributed by atoms with E-state index in [4.69, 9.17) is 11.6 Å². The molecule has 0 atom stereocenters. The van der Waals surface area contributed by atoms with Crippen LogP contribution in [0.5, 0.6) is 0 Å². The number of thiophene rings is 1. The summed E-state index contributed by atoms with van der Waals surface area (Å²) in [4.78, 5) is 0.973. The summed E-state index contributed by atoms with van der Waals surface area (Å²) in [7, 11) is 0. The first kappa shape index (κ1) is 11.4. The Morgan fingerprint density at radius 3 is 2.67 bits per heavy atom. The molecule has 90 valence electrons. The average molecular weight is 277 g/mol. The van der Waals surface area contributed by atoms with E-state index >= 15 is 0 Å². The Balaban J connectivity index is 1.93. The molecule has 0 bridgehead atoms. The highest BCUT2D eigenvalue weighted by Gasteiger charge is 2.11. The first-order valence-electron chi connectivity index (χ1n) is 5.39. The fourth-order valence-electron chi connectivity index (χ4n) is 1.68. The van der Waals surface area contributed by atoms with Gasteiger partial charge in [0.15, 0.2) is 5.82 Å². The third kappa shape index (κ3) is 2.27. The molecule has 1 aromatic carbocycles. The second-order valence-corrected chi connectivity index (χ2v) is 5.46. The molecule has 0 saturated carbocycles. The van der Waals surface area contributed by atoms with Gasteiger partial charge in [0, 0.05) is 0 Å². The summed E-state index contributed by atoms with van der Waals surface area (Å²) in [6, 6.07) is 13.9.